The first-order chi connectivity index (χ1) is 8.67. The molecule has 0 aromatic heterocycles. The van der Waals surface area contributed by atoms with Crippen LogP contribution in [0.2, 0.25) is 0 Å². The molecule has 2 N–H and O–H groups in total. The fourth-order valence-electron chi connectivity index (χ4n) is 1.32. The first-order valence-corrected chi connectivity index (χ1v) is 5.48. The molecule has 1 rings (SSSR count). The molecule has 0 saturated heterocycles. The number of rotatable bonds is 6. The number of nitrogens with one attached hydrogen (secondary N) is 2. The monoisotopic (exact) mass is 256 g/mol. The molecule has 100 valence electrons. The molecule has 1 aromatic rings. The van der Waals surface area contributed by atoms with Crippen LogP contribution in [0.3, 0.4) is 0 Å². The van der Waals surface area contributed by atoms with E-state index < -0.39 is 12.3 Å². The number of methoxy groups -OCH3 is 2. The van der Waals surface area contributed by atoms with E-state index in [4.69, 9.17) is 9.47 Å². The number of carbonyl (C=O) groups excluding carboxylic acids is 1. The minimum atomic E-state index is -0.496. The number of halogens is 1. The molecule has 0 aliphatic heterocycles. The van der Waals surface area contributed by atoms with Crippen LogP contribution >= 0.6 is 0 Å². The predicted molar refractivity (Wildman–Crippen MR) is 64.4 cm³/mol. The first-order valence-electron chi connectivity index (χ1n) is 5.48. The van der Waals surface area contributed by atoms with E-state index in [1.54, 1.807) is 18.2 Å². The summed E-state index contributed by atoms with van der Waals surface area (Å²) in [5.41, 5.74) is 0.433. The molecule has 18 heavy (non-hydrogen) atoms. The highest BCUT2D eigenvalue weighted by atomic mass is 19.1. The van der Waals surface area contributed by atoms with Gasteiger partial charge in [0.15, 0.2) is 6.29 Å². The smallest absolute Gasteiger partial charge is 0.315 e. The number of amides is 2. The van der Waals surface area contributed by atoms with Crippen molar-refractivity contribution in [2.75, 3.05) is 20.8 Å². The van der Waals surface area contributed by atoms with Crippen LogP contribution in [0.1, 0.15) is 5.56 Å². The zero-order valence-corrected chi connectivity index (χ0v) is 10.4. The highest BCUT2D eigenvalue weighted by molar-refractivity contribution is 5.73. The van der Waals surface area contributed by atoms with Crippen molar-refractivity contribution in [2.45, 2.75) is 12.8 Å². The van der Waals surface area contributed by atoms with Gasteiger partial charge in [-0.3, -0.25) is 0 Å². The van der Waals surface area contributed by atoms with Gasteiger partial charge in [0.2, 0.25) is 0 Å². The summed E-state index contributed by atoms with van der Waals surface area (Å²) >= 11 is 0. The second kappa shape index (κ2) is 7.62. The molecule has 0 spiro atoms. The largest absolute Gasteiger partial charge is 0.354 e. The van der Waals surface area contributed by atoms with Crippen LogP contribution in [0.4, 0.5) is 9.18 Å². The minimum Gasteiger partial charge on any atom is -0.354 e. The van der Waals surface area contributed by atoms with Crippen LogP contribution in [0.15, 0.2) is 24.3 Å². The van der Waals surface area contributed by atoms with Crippen molar-refractivity contribution in [1.29, 1.82) is 0 Å². The average molecular weight is 256 g/mol. The lowest BCUT2D eigenvalue weighted by Crippen LogP contribution is -2.40. The number of ether oxygens (including phenoxy) is 2. The quantitative estimate of drug-likeness (QED) is 0.753. The molecule has 0 aliphatic carbocycles. The highest BCUT2D eigenvalue weighted by Crippen LogP contribution is 2.05. The third-order valence-electron chi connectivity index (χ3n) is 2.35. The lowest BCUT2D eigenvalue weighted by molar-refractivity contribution is -0.0971. The van der Waals surface area contributed by atoms with Crippen LogP contribution in [-0.2, 0) is 16.0 Å². The summed E-state index contributed by atoms with van der Waals surface area (Å²) < 4.78 is 23.1. The van der Waals surface area contributed by atoms with Gasteiger partial charge in [-0.25, -0.2) is 9.18 Å². The van der Waals surface area contributed by atoms with E-state index in [0.717, 1.165) is 0 Å². The number of urea groups is 1. The van der Waals surface area contributed by atoms with Crippen molar-refractivity contribution in [3.8, 4) is 0 Å². The zero-order valence-electron chi connectivity index (χ0n) is 10.4. The van der Waals surface area contributed by atoms with E-state index in [2.05, 4.69) is 10.6 Å². The Balaban J connectivity index is 2.31. The SMILES string of the molecule is COC(CNC(=O)NCc1ccccc1F)OC. The van der Waals surface area contributed by atoms with Crippen molar-refractivity contribution in [1.82, 2.24) is 10.6 Å². The predicted octanol–water partition coefficient (Wildman–Crippen LogP) is 1.24. The summed E-state index contributed by atoms with van der Waals surface area (Å²) in [6.45, 7) is 0.346. The normalized spacial score (nSPS) is 10.4. The lowest BCUT2D eigenvalue weighted by atomic mass is 10.2. The van der Waals surface area contributed by atoms with Crippen molar-refractivity contribution < 1.29 is 18.7 Å². The lowest BCUT2D eigenvalue weighted by Gasteiger charge is -2.14. The van der Waals surface area contributed by atoms with Crippen molar-refractivity contribution in [3.63, 3.8) is 0 Å². The standard InChI is InChI=1S/C12H17FN2O3/c1-17-11(18-2)8-15-12(16)14-7-9-5-3-4-6-10(9)13/h3-6,11H,7-8H2,1-2H3,(H2,14,15,16). The highest BCUT2D eigenvalue weighted by Gasteiger charge is 2.08. The Hall–Kier alpha value is -1.66. The molecule has 0 atom stereocenters. The Kier molecular flexibility index (Phi) is 6.10. The molecule has 6 heteroatoms. The van der Waals surface area contributed by atoms with Crippen LogP contribution in [-0.4, -0.2) is 33.1 Å². The molecule has 0 radical (unpaired) electrons. The van der Waals surface area contributed by atoms with E-state index in [1.807, 2.05) is 0 Å². The van der Waals surface area contributed by atoms with Gasteiger partial charge in [-0.15, -0.1) is 0 Å². The average Bonchev–Trinajstić information content (AvgIpc) is 2.39. The Labute approximate surface area is 105 Å². The third kappa shape index (κ3) is 4.68. The maximum Gasteiger partial charge on any atom is 0.315 e. The number of hydrogen-bond acceptors (Lipinski definition) is 3. The molecular weight excluding hydrogens is 239 g/mol. The maximum absolute atomic E-state index is 13.3. The second-order valence-corrected chi connectivity index (χ2v) is 3.56. The van der Waals surface area contributed by atoms with Crippen LogP contribution in [0, 0.1) is 5.82 Å². The van der Waals surface area contributed by atoms with E-state index >= 15 is 0 Å². The maximum atomic E-state index is 13.3. The van der Waals surface area contributed by atoms with Gasteiger partial charge in [-0.05, 0) is 6.07 Å². The molecule has 0 bridgehead atoms. The van der Waals surface area contributed by atoms with Gasteiger partial charge >= 0.3 is 6.03 Å². The van der Waals surface area contributed by atoms with E-state index in [0.29, 0.717) is 5.56 Å². The number of carbonyl (C=O) groups is 1. The van der Waals surface area contributed by atoms with Gasteiger partial charge in [0, 0.05) is 26.3 Å². The van der Waals surface area contributed by atoms with Crippen LogP contribution in [0.5, 0.6) is 0 Å². The molecule has 1 aromatic carbocycles. The number of hydrogen-bond donors (Lipinski definition) is 2. The Morgan fingerprint density at radius 1 is 1.28 bits per heavy atom. The van der Waals surface area contributed by atoms with Gasteiger partial charge in [-0.2, -0.15) is 0 Å². The zero-order chi connectivity index (χ0) is 13.4. The molecular formula is C12H17FN2O3. The van der Waals surface area contributed by atoms with Crippen molar-refractivity contribution in [3.05, 3.63) is 35.6 Å². The van der Waals surface area contributed by atoms with Gasteiger partial charge in [0.25, 0.3) is 0 Å². The fraction of sp³-hybridized carbons (Fsp3) is 0.417. The molecule has 0 heterocycles. The molecule has 0 unspecified atom stereocenters. The van der Waals surface area contributed by atoms with Crippen LogP contribution < -0.4 is 10.6 Å². The molecule has 2 amide bonds. The van der Waals surface area contributed by atoms with Gasteiger partial charge < -0.3 is 20.1 Å². The minimum absolute atomic E-state index is 0.128. The summed E-state index contributed by atoms with van der Waals surface area (Å²) in [7, 11) is 2.96. The van der Waals surface area contributed by atoms with E-state index in [-0.39, 0.29) is 18.9 Å². The van der Waals surface area contributed by atoms with Crippen molar-refractivity contribution in [2.24, 2.45) is 0 Å². The first kappa shape index (κ1) is 14.4. The molecule has 0 aliphatic rings. The molecule has 0 saturated carbocycles. The number of benzene rings is 1. The third-order valence-corrected chi connectivity index (χ3v) is 2.35. The van der Waals surface area contributed by atoms with Gasteiger partial charge in [0.1, 0.15) is 5.82 Å². The van der Waals surface area contributed by atoms with Crippen molar-refractivity contribution >= 4 is 6.03 Å². The molecule has 5 nitrogen and oxygen atoms in total. The van der Waals surface area contributed by atoms with E-state index in [9.17, 15) is 9.18 Å². The van der Waals surface area contributed by atoms with Gasteiger partial charge in [-0.1, -0.05) is 18.2 Å². The summed E-state index contributed by atoms with van der Waals surface area (Å²) in [6, 6.07) is 5.87. The fourth-order valence-corrected chi connectivity index (χ4v) is 1.32. The summed E-state index contributed by atoms with van der Waals surface area (Å²) in [5.74, 6) is -0.343. The second-order valence-electron chi connectivity index (χ2n) is 3.56. The topological polar surface area (TPSA) is 59.6 Å². The molecule has 0 fully saturated rings. The van der Waals surface area contributed by atoms with Crippen LogP contribution in [0.25, 0.3) is 0 Å². The Bertz CT molecular complexity index is 383. The summed E-state index contributed by atoms with van der Waals surface area (Å²) in [4.78, 5) is 11.4. The van der Waals surface area contributed by atoms with Gasteiger partial charge in [0.05, 0.1) is 6.54 Å². The Morgan fingerprint density at radius 2 is 1.94 bits per heavy atom. The van der Waals surface area contributed by atoms with E-state index in [1.165, 1.54) is 20.3 Å². The summed E-state index contributed by atoms with van der Waals surface area (Å²) in [5, 5.41) is 5.09. The Morgan fingerprint density at radius 3 is 2.56 bits per heavy atom. The summed E-state index contributed by atoms with van der Waals surface area (Å²) in [6.07, 6.45) is -0.496.